The number of carboxylic acid groups (broad SMARTS) is 1. The van der Waals surface area contributed by atoms with E-state index in [1.54, 1.807) is 12.1 Å². The lowest BCUT2D eigenvalue weighted by Gasteiger charge is -2.16. The highest BCUT2D eigenvalue weighted by molar-refractivity contribution is 7.89. The second-order valence-electron chi connectivity index (χ2n) is 4.84. The van der Waals surface area contributed by atoms with E-state index < -0.39 is 22.0 Å². The fourth-order valence-corrected chi connectivity index (χ4v) is 3.32. The molecule has 20 heavy (non-hydrogen) atoms. The zero-order valence-electron chi connectivity index (χ0n) is 11.1. The van der Waals surface area contributed by atoms with Gasteiger partial charge in [-0.05, 0) is 43.0 Å². The fourth-order valence-electron chi connectivity index (χ4n) is 2.01. The van der Waals surface area contributed by atoms with Crippen molar-refractivity contribution in [3.63, 3.8) is 0 Å². The molecule has 110 valence electrons. The number of hydrogen-bond acceptors (Lipinski definition) is 4. The lowest BCUT2D eigenvalue weighted by Crippen LogP contribution is -2.38. The van der Waals surface area contributed by atoms with Crippen molar-refractivity contribution in [2.24, 2.45) is 5.92 Å². The predicted octanol–water partition coefficient (Wildman–Crippen LogP) is 1.23. The molecule has 1 aliphatic carbocycles. The van der Waals surface area contributed by atoms with Gasteiger partial charge in [-0.3, -0.25) is 4.79 Å². The van der Waals surface area contributed by atoms with Crippen LogP contribution >= 0.6 is 0 Å². The maximum atomic E-state index is 12.2. The minimum atomic E-state index is -3.70. The van der Waals surface area contributed by atoms with Crippen LogP contribution in [0.15, 0.2) is 29.2 Å². The smallest absolute Gasteiger partial charge is 0.304 e. The highest BCUT2D eigenvalue weighted by atomic mass is 32.2. The Bertz CT molecular complexity index is 577. The number of rotatable bonds is 7. The first kappa shape index (κ1) is 14.8. The first-order valence-electron chi connectivity index (χ1n) is 6.30. The molecule has 0 amide bonds. The van der Waals surface area contributed by atoms with Gasteiger partial charge in [0.2, 0.25) is 10.0 Å². The second kappa shape index (κ2) is 5.80. The lowest BCUT2D eigenvalue weighted by atomic mass is 10.1. The van der Waals surface area contributed by atoms with Gasteiger partial charge in [0.15, 0.2) is 0 Å². The highest BCUT2D eigenvalue weighted by Gasteiger charge is 2.35. The van der Waals surface area contributed by atoms with Gasteiger partial charge in [-0.15, -0.1) is 0 Å². The van der Waals surface area contributed by atoms with Crippen LogP contribution in [0, 0.1) is 5.92 Å². The Morgan fingerprint density at radius 2 is 2.00 bits per heavy atom. The predicted molar refractivity (Wildman–Crippen MR) is 72.1 cm³/mol. The summed E-state index contributed by atoms with van der Waals surface area (Å²) in [5.41, 5.74) is 0. The molecule has 0 bridgehead atoms. The zero-order chi connectivity index (χ0) is 14.8. The van der Waals surface area contributed by atoms with Gasteiger partial charge in [0.05, 0.1) is 18.4 Å². The fraction of sp³-hybridized carbons (Fsp3) is 0.462. The van der Waals surface area contributed by atoms with Crippen LogP contribution in [0.1, 0.15) is 19.3 Å². The molecule has 0 aliphatic heterocycles. The number of carboxylic acids is 1. The van der Waals surface area contributed by atoms with Crippen molar-refractivity contribution in [1.29, 1.82) is 0 Å². The quantitative estimate of drug-likeness (QED) is 0.790. The largest absolute Gasteiger partial charge is 0.497 e. The molecule has 0 radical (unpaired) electrons. The van der Waals surface area contributed by atoms with E-state index in [2.05, 4.69) is 4.72 Å². The van der Waals surface area contributed by atoms with Crippen molar-refractivity contribution in [3.8, 4) is 5.75 Å². The van der Waals surface area contributed by atoms with Crippen molar-refractivity contribution >= 4 is 16.0 Å². The van der Waals surface area contributed by atoms with Crippen LogP contribution in [0.5, 0.6) is 5.75 Å². The van der Waals surface area contributed by atoms with Crippen molar-refractivity contribution in [1.82, 2.24) is 4.72 Å². The van der Waals surface area contributed by atoms with Gasteiger partial charge >= 0.3 is 5.97 Å². The monoisotopic (exact) mass is 299 g/mol. The van der Waals surface area contributed by atoms with Gasteiger partial charge < -0.3 is 9.84 Å². The third-order valence-corrected chi connectivity index (χ3v) is 4.77. The van der Waals surface area contributed by atoms with E-state index in [9.17, 15) is 13.2 Å². The van der Waals surface area contributed by atoms with E-state index in [0.29, 0.717) is 5.75 Å². The van der Waals surface area contributed by atoms with Crippen molar-refractivity contribution in [2.45, 2.75) is 30.2 Å². The summed E-state index contributed by atoms with van der Waals surface area (Å²) in [7, 11) is -2.21. The second-order valence-corrected chi connectivity index (χ2v) is 6.55. The molecular formula is C13H17NO5S. The van der Waals surface area contributed by atoms with Crippen LogP contribution in [0.4, 0.5) is 0 Å². The molecule has 2 rings (SSSR count). The highest BCUT2D eigenvalue weighted by Crippen LogP contribution is 2.34. The van der Waals surface area contributed by atoms with Gasteiger partial charge in [0, 0.05) is 6.04 Å². The Hall–Kier alpha value is -1.60. The van der Waals surface area contributed by atoms with E-state index in [1.807, 2.05) is 0 Å². The maximum Gasteiger partial charge on any atom is 0.304 e. The molecule has 6 nitrogen and oxygen atoms in total. The molecule has 2 N–H and O–H groups in total. The number of aliphatic carboxylic acids is 1. The Kier molecular flexibility index (Phi) is 4.29. The summed E-state index contributed by atoms with van der Waals surface area (Å²) in [6.07, 6.45) is 1.53. The first-order chi connectivity index (χ1) is 9.42. The van der Waals surface area contributed by atoms with Gasteiger partial charge in [-0.1, -0.05) is 0 Å². The average molecular weight is 299 g/mol. The minimum Gasteiger partial charge on any atom is -0.497 e. The Labute approximate surface area is 117 Å². The number of sulfonamides is 1. The normalized spacial score (nSPS) is 16.6. The number of ether oxygens (including phenoxy) is 1. The summed E-state index contributed by atoms with van der Waals surface area (Å²) in [6.45, 7) is 0. The number of benzene rings is 1. The summed E-state index contributed by atoms with van der Waals surface area (Å²) in [4.78, 5) is 10.9. The maximum absolute atomic E-state index is 12.2. The Morgan fingerprint density at radius 1 is 1.40 bits per heavy atom. The topological polar surface area (TPSA) is 92.7 Å². The molecule has 0 heterocycles. The lowest BCUT2D eigenvalue weighted by molar-refractivity contribution is -0.137. The molecule has 1 saturated carbocycles. The van der Waals surface area contributed by atoms with E-state index in [1.165, 1.54) is 19.2 Å². The van der Waals surface area contributed by atoms with E-state index in [0.717, 1.165) is 12.8 Å². The molecule has 0 spiro atoms. The molecule has 1 atom stereocenters. The standard InChI is InChI=1S/C13H17NO5S/c1-19-10-4-6-11(7-5-10)20(17,18)14-12(8-13(15)16)9-2-3-9/h4-7,9,12,14H,2-3,8H2,1H3,(H,15,16). The molecule has 0 saturated heterocycles. The van der Waals surface area contributed by atoms with Gasteiger partial charge in [-0.2, -0.15) is 0 Å². The van der Waals surface area contributed by atoms with Crippen LogP contribution in [0.3, 0.4) is 0 Å². The van der Waals surface area contributed by atoms with Gasteiger partial charge in [0.1, 0.15) is 5.75 Å². The molecule has 1 aliphatic rings. The SMILES string of the molecule is COc1ccc(S(=O)(=O)NC(CC(=O)O)C2CC2)cc1. The number of carbonyl (C=O) groups is 1. The van der Waals surface area contributed by atoms with Crippen LogP contribution in [0.25, 0.3) is 0 Å². The molecule has 1 unspecified atom stereocenters. The van der Waals surface area contributed by atoms with E-state index in [4.69, 9.17) is 9.84 Å². The zero-order valence-corrected chi connectivity index (χ0v) is 11.9. The third-order valence-electron chi connectivity index (χ3n) is 3.26. The summed E-state index contributed by atoms with van der Waals surface area (Å²) in [5.74, 6) is -0.313. The van der Waals surface area contributed by atoms with Gasteiger partial charge in [0.25, 0.3) is 0 Å². The van der Waals surface area contributed by atoms with Crippen LogP contribution < -0.4 is 9.46 Å². The molecule has 0 aromatic heterocycles. The van der Waals surface area contributed by atoms with Crippen LogP contribution in [0.2, 0.25) is 0 Å². The Morgan fingerprint density at radius 3 is 2.45 bits per heavy atom. The van der Waals surface area contributed by atoms with Gasteiger partial charge in [-0.25, -0.2) is 13.1 Å². The van der Waals surface area contributed by atoms with Crippen molar-refractivity contribution in [3.05, 3.63) is 24.3 Å². The summed E-state index contributed by atoms with van der Waals surface area (Å²) >= 11 is 0. The summed E-state index contributed by atoms with van der Waals surface area (Å²) in [5, 5.41) is 8.84. The molecule has 1 aromatic rings. The van der Waals surface area contributed by atoms with E-state index in [-0.39, 0.29) is 17.2 Å². The average Bonchev–Trinajstić information content (AvgIpc) is 3.21. The molecule has 1 fully saturated rings. The first-order valence-corrected chi connectivity index (χ1v) is 7.79. The Balaban J connectivity index is 2.13. The minimum absolute atomic E-state index is 0.106. The number of hydrogen-bond donors (Lipinski definition) is 2. The molecule has 1 aromatic carbocycles. The summed E-state index contributed by atoms with van der Waals surface area (Å²) in [6, 6.07) is 5.44. The van der Waals surface area contributed by atoms with Crippen molar-refractivity contribution < 1.29 is 23.1 Å². The van der Waals surface area contributed by atoms with Crippen molar-refractivity contribution in [2.75, 3.05) is 7.11 Å². The molecule has 7 heteroatoms. The van der Waals surface area contributed by atoms with Crippen LogP contribution in [-0.4, -0.2) is 32.6 Å². The van der Waals surface area contributed by atoms with Crippen LogP contribution in [-0.2, 0) is 14.8 Å². The third kappa shape index (κ3) is 3.71. The van der Waals surface area contributed by atoms with E-state index >= 15 is 0 Å². The number of nitrogens with one attached hydrogen (secondary N) is 1. The molecular weight excluding hydrogens is 282 g/mol. The number of methoxy groups -OCH3 is 1. The summed E-state index contributed by atoms with van der Waals surface area (Å²) < 4.78 is 31.9.